The Hall–Kier alpha value is -2.21. The molecule has 0 saturated carbocycles. The van der Waals surface area contributed by atoms with Crippen LogP contribution in [0.15, 0.2) is 35.0 Å². The van der Waals surface area contributed by atoms with Crippen molar-refractivity contribution in [2.24, 2.45) is 5.92 Å². The van der Waals surface area contributed by atoms with Crippen molar-refractivity contribution in [1.82, 2.24) is 15.6 Å². The van der Waals surface area contributed by atoms with Gasteiger partial charge < -0.3 is 10.4 Å². The lowest BCUT2D eigenvalue weighted by Gasteiger charge is -2.23. The van der Waals surface area contributed by atoms with Crippen LogP contribution < -0.4 is 5.32 Å². The van der Waals surface area contributed by atoms with Gasteiger partial charge in [0.25, 0.3) is 5.91 Å². The summed E-state index contributed by atoms with van der Waals surface area (Å²) >= 11 is 0. The summed E-state index contributed by atoms with van der Waals surface area (Å²) in [6.45, 7) is 8.13. The highest BCUT2D eigenvalue weighted by Crippen LogP contribution is 2.21. The molecule has 0 aliphatic carbocycles. The van der Waals surface area contributed by atoms with E-state index in [1.165, 1.54) is 0 Å². The van der Waals surface area contributed by atoms with Gasteiger partial charge in [0.1, 0.15) is 11.0 Å². The van der Waals surface area contributed by atoms with Gasteiger partial charge in [0.2, 0.25) is 0 Å². The molecular formula is C17H23N3O3. The van der Waals surface area contributed by atoms with E-state index in [1.54, 1.807) is 18.2 Å². The molecule has 2 unspecified atom stereocenters. The first-order chi connectivity index (χ1) is 11.0. The Morgan fingerprint density at radius 3 is 2.78 bits per heavy atom. The van der Waals surface area contributed by atoms with Gasteiger partial charge in [0.15, 0.2) is 0 Å². The maximum absolute atomic E-state index is 12.4. The summed E-state index contributed by atoms with van der Waals surface area (Å²) < 4.78 is 4.64. The van der Waals surface area contributed by atoms with Crippen molar-refractivity contribution in [3.63, 3.8) is 0 Å². The van der Waals surface area contributed by atoms with Crippen LogP contribution in [-0.4, -0.2) is 34.0 Å². The third kappa shape index (κ3) is 4.39. The van der Waals surface area contributed by atoms with Crippen LogP contribution in [0.3, 0.4) is 0 Å². The maximum atomic E-state index is 12.4. The number of nitrogens with zero attached hydrogens (tertiary/aromatic N) is 2. The molecule has 2 rings (SSSR count). The molecule has 124 valence electrons. The van der Waals surface area contributed by atoms with Gasteiger partial charge in [0, 0.05) is 18.2 Å². The van der Waals surface area contributed by atoms with Crippen LogP contribution >= 0.6 is 0 Å². The fourth-order valence-corrected chi connectivity index (χ4v) is 2.66. The molecule has 0 bridgehead atoms. The van der Waals surface area contributed by atoms with Gasteiger partial charge in [0.05, 0.1) is 0 Å². The summed E-state index contributed by atoms with van der Waals surface area (Å²) in [5, 5.41) is 19.7. The maximum Gasteiger partial charge on any atom is 0.251 e. The van der Waals surface area contributed by atoms with E-state index in [1.807, 2.05) is 6.92 Å². The molecule has 2 N–H and O–H groups in total. The number of benzene rings is 1. The minimum absolute atomic E-state index is 0.0316. The molecule has 6 nitrogen and oxygen atoms in total. The SMILES string of the molecule is C=C(C)C(CC)CC(CCO)NC(=O)c1ccc2nonc2c1. The van der Waals surface area contributed by atoms with E-state index < -0.39 is 0 Å². The molecule has 0 fully saturated rings. The summed E-state index contributed by atoms with van der Waals surface area (Å²) in [7, 11) is 0. The second kappa shape index (κ2) is 7.87. The molecule has 2 aromatic rings. The van der Waals surface area contributed by atoms with Crippen molar-refractivity contribution < 1.29 is 14.5 Å². The lowest BCUT2D eigenvalue weighted by Crippen LogP contribution is -2.37. The first-order valence-corrected chi connectivity index (χ1v) is 7.84. The van der Waals surface area contributed by atoms with Crippen molar-refractivity contribution in [2.75, 3.05) is 6.61 Å². The van der Waals surface area contributed by atoms with Crippen LogP contribution in [0.5, 0.6) is 0 Å². The number of amides is 1. The molecule has 0 spiro atoms. The van der Waals surface area contributed by atoms with Crippen molar-refractivity contribution in [3.8, 4) is 0 Å². The zero-order chi connectivity index (χ0) is 16.8. The lowest BCUT2D eigenvalue weighted by molar-refractivity contribution is 0.0924. The first-order valence-electron chi connectivity index (χ1n) is 7.84. The average molecular weight is 317 g/mol. The van der Waals surface area contributed by atoms with E-state index in [2.05, 4.69) is 33.8 Å². The minimum atomic E-state index is -0.190. The third-order valence-corrected chi connectivity index (χ3v) is 4.09. The van der Waals surface area contributed by atoms with Crippen molar-refractivity contribution in [3.05, 3.63) is 35.9 Å². The van der Waals surface area contributed by atoms with Crippen molar-refractivity contribution in [1.29, 1.82) is 0 Å². The van der Waals surface area contributed by atoms with Crippen LogP contribution in [0, 0.1) is 5.92 Å². The second-order valence-electron chi connectivity index (χ2n) is 5.84. The molecule has 1 amide bonds. The summed E-state index contributed by atoms with van der Waals surface area (Å²) in [5.41, 5.74) is 2.76. The average Bonchev–Trinajstić information content (AvgIpc) is 2.99. The summed E-state index contributed by atoms with van der Waals surface area (Å²) in [6.07, 6.45) is 2.25. The Morgan fingerprint density at radius 2 is 2.13 bits per heavy atom. The quantitative estimate of drug-likeness (QED) is 0.731. The fraction of sp³-hybridized carbons (Fsp3) is 0.471. The van der Waals surface area contributed by atoms with Crippen molar-refractivity contribution in [2.45, 2.75) is 39.2 Å². The monoisotopic (exact) mass is 317 g/mol. The fourth-order valence-electron chi connectivity index (χ4n) is 2.66. The van der Waals surface area contributed by atoms with E-state index >= 15 is 0 Å². The van der Waals surface area contributed by atoms with E-state index in [9.17, 15) is 9.90 Å². The molecule has 6 heteroatoms. The first kappa shape index (κ1) is 17.1. The lowest BCUT2D eigenvalue weighted by atomic mass is 9.90. The number of hydrogen-bond acceptors (Lipinski definition) is 5. The largest absolute Gasteiger partial charge is 0.396 e. The number of nitrogens with one attached hydrogen (secondary N) is 1. The van der Waals surface area contributed by atoms with E-state index in [0.29, 0.717) is 28.9 Å². The third-order valence-electron chi connectivity index (χ3n) is 4.09. The topological polar surface area (TPSA) is 88.2 Å². The molecule has 0 saturated heterocycles. The molecule has 0 aliphatic rings. The molecular weight excluding hydrogens is 294 g/mol. The second-order valence-corrected chi connectivity index (χ2v) is 5.84. The Bertz CT molecular complexity index is 681. The highest BCUT2D eigenvalue weighted by molar-refractivity contribution is 5.97. The molecule has 0 aliphatic heterocycles. The molecule has 1 heterocycles. The molecule has 1 aromatic carbocycles. The van der Waals surface area contributed by atoms with Gasteiger partial charge in [-0.1, -0.05) is 19.1 Å². The summed E-state index contributed by atoms with van der Waals surface area (Å²) in [6, 6.07) is 4.94. The number of carbonyl (C=O) groups excluding carboxylic acids is 1. The number of hydrogen-bond donors (Lipinski definition) is 2. The van der Waals surface area contributed by atoms with E-state index in [0.717, 1.165) is 18.4 Å². The highest BCUT2D eigenvalue weighted by atomic mass is 16.6. The summed E-state index contributed by atoms with van der Waals surface area (Å²) in [5.74, 6) is 0.138. The predicted octanol–water partition coefficient (Wildman–Crippen LogP) is 2.70. The Kier molecular flexibility index (Phi) is 5.87. The Labute approximate surface area is 135 Å². The number of fused-ring (bicyclic) bond motifs is 1. The van der Waals surface area contributed by atoms with Crippen LogP contribution in [0.25, 0.3) is 11.0 Å². The number of aliphatic hydroxyl groups is 1. The smallest absolute Gasteiger partial charge is 0.251 e. The van der Waals surface area contributed by atoms with Crippen LogP contribution in [-0.2, 0) is 0 Å². The molecule has 1 aromatic heterocycles. The van der Waals surface area contributed by atoms with Crippen LogP contribution in [0.4, 0.5) is 0 Å². The number of aromatic nitrogens is 2. The van der Waals surface area contributed by atoms with Gasteiger partial charge in [-0.15, -0.1) is 0 Å². The van der Waals surface area contributed by atoms with Crippen LogP contribution in [0.1, 0.15) is 43.5 Å². The van der Waals surface area contributed by atoms with Gasteiger partial charge >= 0.3 is 0 Å². The standard InChI is InChI=1S/C17H23N3O3/c1-4-12(11(2)3)9-14(7-8-21)18-17(22)13-5-6-15-16(10-13)20-23-19-15/h5-6,10,12,14,21H,2,4,7-9H2,1,3H3,(H,18,22). The van der Waals surface area contributed by atoms with Crippen molar-refractivity contribution >= 4 is 16.9 Å². The zero-order valence-corrected chi connectivity index (χ0v) is 13.6. The molecule has 2 atom stereocenters. The highest BCUT2D eigenvalue weighted by Gasteiger charge is 2.19. The van der Waals surface area contributed by atoms with Gasteiger partial charge in [-0.3, -0.25) is 4.79 Å². The number of rotatable bonds is 8. The minimum Gasteiger partial charge on any atom is -0.396 e. The normalized spacial score (nSPS) is 13.7. The zero-order valence-electron chi connectivity index (χ0n) is 13.6. The van der Waals surface area contributed by atoms with E-state index in [-0.39, 0.29) is 18.6 Å². The van der Waals surface area contributed by atoms with Gasteiger partial charge in [-0.05, 0) is 60.6 Å². The summed E-state index contributed by atoms with van der Waals surface area (Å²) in [4.78, 5) is 12.4. The Morgan fingerprint density at radius 1 is 1.39 bits per heavy atom. The van der Waals surface area contributed by atoms with Gasteiger partial charge in [-0.25, -0.2) is 4.63 Å². The van der Waals surface area contributed by atoms with E-state index in [4.69, 9.17) is 0 Å². The van der Waals surface area contributed by atoms with Gasteiger partial charge in [-0.2, -0.15) is 0 Å². The molecule has 23 heavy (non-hydrogen) atoms. The van der Waals surface area contributed by atoms with Crippen LogP contribution in [0.2, 0.25) is 0 Å². The molecule has 0 radical (unpaired) electrons. The Balaban J connectivity index is 2.08. The number of carbonyl (C=O) groups is 1. The number of allylic oxidation sites excluding steroid dienone is 1. The number of aliphatic hydroxyl groups excluding tert-OH is 1. The predicted molar refractivity (Wildman–Crippen MR) is 88.0 cm³/mol.